The first-order valence-electron chi connectivity index (χ1n) is 7.74. The number of amides is 3. The van der Waals surface area contributed by atoms with E-state index in [-0.39, 0.29) is 18.3 Å². The maximum atomic E-state index is 12.8. The molecule has 1 fully saturated rings. The van der Waals surface area contributed by atoms with E-state index in [1.54, 1.807) is 31.2 Å². The van der Waals surface area contributed by atoms with E-state index < -0.39 is 11.6 Å². The Bertz CT molecular complexity index is 970. The third-order valence-corrected chi connectivity index (χ3v) is 5.50. The first kappa shape index (κ1) is 16.7. The van der Waals surface area contributed by atoms with Crippen LogP contribution in [0.15, 0.2) is 46.3 Å². The van der Waals surface area contributed by atoms with E-state index in [1.807, 2.05) is 17.5 Å². The van der Waals surface area contributed by atoms with Crippen LogP contribution in [0.3, 0.4) is 0 Å². The van der Waals surface area contributed by atoms with Crippen molar-refractivity contribution in [3.63, 3.8) is 0 Å². The number of carbonyl (C=O) groups is 2. The van der Waals surface area contributed by atoms with Crippen LogP contribution in [0.5, 0.6) is 0 Å². The van der Waals surface area contributed by atoms with Crippen molar-refractivity contribution >= 4 is 34.9 Å². The lowest BCUT2D eigenvalue weighted by Gasteiger charge is -2.19. The van der Waals surface area contributed by atoms with Gasteiger partial charge in [-0.25, -0.2) is 4.79 Å². The predicted molar refractivity (Wildman–Crippen MR) is 95.5 cm³/mol. The van der Waals surface area contributed by atoms with Gasteiger partial charge in [0, 0.05) is 15.5 Å². The molecule has 0 saturated carbocycles. The minimum atomic E-state index is -1.08. The smallest absolute Gasteiger partial charge is 0.325 e. The molecule has 0 bridgehead atoms. The summed E-state index contributed by atoms with van der Waals surface area (Å²) in [5.41, 5.74) is -0.352. The first-order valence-corrected chi connectivity index (χ1v) is 9.00. The molecule has 0 spiro atoms. The van der Waals surface area contributed by atoms with Crippen molar-refractivity contribution < 1.29 is 14.1 Å². The maximum Gasteiger partial charge on any atom is 0.325 e. The van der Waals surface area contributed by atoms with E-state index in [2.05, 4.69) is 15.5 Å². The highest BCUT2D eigenvalue weighted by Crippen LogP contribution is 2.32. The van der Waals surface area contributed by atoms with Crippen LogP contribution in [-0.4, -0.2) is 27.0 Å². The maximum absolute atomic E-state index is 12.8. The molecule has 1 aromatic carbocycles. The third kappa shape index (κ3) is 2.77. The molecule has 9 heteroatoms. The van der Waals surface area contributed by atoms with Crippen LogP contribution < -0.4 is 5.32 Å². The van der Waals surface area contributed by atoms with Crippen LogP contribution in [-0.2, 0) is 16.9 Å². The molecule has 0 radical (unpaired) electrons. The fourth-order valence-corrected chi connectivity index (χ4v) is 3.70. The Morgan fingerprint density at radius 1 is 1.27 bits per heavy atom. The van der Waals surface area contributed by atoms with Gasteiger partial charge in [0.2, 0.25) is 11.7 Å². The van der Waals surface area contributed by atoms with Crippen LogP contribution in [0.1, 0.15) is 17.7 Å². The lowest BCUT2D eigenvalue weighted by molar-refractivity contribution is -0.131. The molecular weight excluding hydrogens is 376 g/mol. The van der Waals surface area contributed by atoms with Gasteiger partial charge >= 0.3 is 6.03 Å². The summed E-state index contributed by atoms with van der Waals surface area (Å²) in [5.74, 6) is 0.190. The number of rotatable bonds is 4. The van der Waals surface area contributed by atoms with E-state index in [0.29, 0.717) is 10.8 Å². The number of halogens is 1. The van der Waals surface area contributed by atoms with Gasteiger partial charge in [-0.2, -0.15) is 4.98 Å². The molecule has 2 aromatic heterocycles. The molecule has 1 aliphatic rings. The van der Waals surface area contributed by atoms with Crippen molar-refractivity contribution in [2.24, 2.45) is 0 Å². The van der Waals surface area contributed by atoms with Crippen molar-refractivity contribution in [3.8, 4) is 11.4 Å². The van der Waals surface area contributed by atoms with Crippen molar-refractivity contribution in [1.29, 1.82) is 0 Å². The number of aromatic nitrogens is 2. The minimum Gasteiger partial charge on any atom is -0.337 e. The number of nitrogens with one attached hydrogen (secondary N) is 1. The minimum absolute atomic E-state index is 0.0910. The number of carbonyl (C=O) groups excluding carboxylic acids is 2. The highest BCUT2D eigenvalue weighted by Gasteiger charge is 2.50. The molecule has 3 amide bonds. The molecular formula is C17H13ClN4O3S. The summed E-state index contributed by atoms with van der Waals surface area (Å²) in [7, 11) is 0. The molecule has 3 aromatic rings. The number of thiophene rings is 1. The SMILES string of the molecule is CC1(c2cccs2)NC(=O)N(Cc2nc(-c3ccc(Cl)cc3)no2)C1=O. The van der Waals surface area contributed by atoms with Gasteiger partial charge in [-0.15, -0.1) is 11.3 Å². The molecule has 7 nitrogen and oxygen atoms in total. The van der Waals surface area contributed by atoms with E-state index in [4.69, 9.17) is 16.1 Å². The summed E-state index contributed by atoms with van der Waals surface area (Å²) in [5, 5.41) is 9.10. The molecule has 1 unspecified atom stereocenters. The van der Waals surface area contributed by atoms with Gasteiger partial charge in [0.15, 0.2) is 5.54 Å². The van der Waals surface area contributed by atoms with Crippen LogP contribution in [0.4, 0.5) is 4.79 Å². The normalized spacial score (nSPS) is 19.8. The van der Waals surface area contributed by atoms with Crippen molar-refractivity contribution in [3.05, 3.63) is 57.6 Å². The molecule has 4 rings (SSSR count). The number of imide groups is 1. The highest BCUT2D eigenvalue weighted by molar-refractivity contribution is 7.10. The van der Waals surface area contributed by atoms with Gasteiger partial charge in [0.05, 0.1) is 0 Å². The molecule has 3 heterocycles. The van der Waals surface area contributed by atoms with Crippen molar-refractivity contribution in [2.45, 2.75) is 19.0 Å². The molecule has 1 saturated heterocycles. The second kappa shape index (κ2) is 6.22. The number of benzene rings is 1. The average Bonchev–Trinajstić information content (AvgIpc) is 3.34. The quantitative estimate of drug-likeness (QED) is 0.692. The number of hydrogen-bond acceptors (Lipinski definition) is 6. The topological polar surface area (TPSA) is 88.3 Å². The summed E-state index contributed by atoms with van der Waals surface area (Å²) < 4.78 is 5.20. The van der Waals surface area contributed by atoms with Gasteiger partial charge in [0.1, 0.15) is 6.54 Å². The average molecular weight is 389 g/mol. The Balaban J connectivity index is 1.55. The van der Waals surface area contributed by atoms with E-state index in [9.17, 15) is 9.59 Å². The van der Waals surface area contributed by atoms with Crippen LogP contribution in [0, 0.1) is 0 Å². The Hall–Kier alpha value is -2.71. The second-order valence-corrected chi connectivity index (χ2v) is 7.33. The Morgan fingerprint density at radius 3 is 2.73 bits per heavy atom. The molecule has 132 valence electrons. The van der Waals surface area contributed by atoms with Crippen molar-refractivity contribution in [1.82, 2.24) is 20.4 Å². The van der Waals surface area contributed by atoms with Crippen LogP contribution in [0.2, 0.25) is 5.02 Å². The van der Waals surface area contributed by atoms with Gasteiger partial charge < -0.3 is 9.84 Å². The van der Waals surface area contributed by atoms with E-state index in [0.717, 1.165) is 15.3 Å². The molecule has 26 heavy (non-hydrogen) atoms. The summed E-state index contributed by atoms with van der Waals surface area (Å²) in [6.07, 6.45) is 0. The monoisotopic (exact) mass is 388 g/mol. The Labute approximate surface area is 157 Å². The van der Waals surface area contributed by atoms with Gasteiger partial charge in [-0.05, 0) is 42.6 Å². The zero-order chi connectivity index (χ0) is 18.3. The molecule has 1 atom stereocenters. The molecule has 1 N–H and O–H groups in total. The fraction of sp³-hybridized carbons (Fsp3) is 0.176. The Kier molecular flexibility index (Phi) is 4.01. The number of nitrogens with zero attached hydrogens (tertiary/aromatic N) is 3. The van der Waals surface area contributed by atoms with Gasteiger partial charge in [-0.1, -0.05) is 22.8 Å². The first-order chi connectivity index (χ1) is 12.5. The largest absolute Gasteiger partial charge is 0.337 e. The predicted octanol–water partition coefficient (Wildman–Crippen LogP) is 3.42. The van der Waals surface area contributed by atoms with Crippen molar-refractivity contribution in [2.75, 3.05) is 0 Å². The summed E-state index contributed by atoms with van der Waals surface area (Å²) in [4.78, 5) is 31.2. The number of hydrogen-bond donors (Lipinski definition) is 1. The summed E-state index contributed by atoms with van der Waals surface area (Å²) >= 11 is 7.28. The zero-order valence-corrected chi connectivity index (χ0v) is 15.2. The van der Waals surface area contributed by atoms with Crippen LogP contribution >= 0.6 is 22.9 Å². The van der Waals surface area contributed by atoms with E-state index >= 15 is 0 Å². The summed E-state index contributed by atoms with van der Waals surface area (Å²) in [6, 6.07) is 10.1. The second-order valence-electron chi connectivity index (χ2n) is 5.94. The Morgan fingerprint density at radius 2 is 2.04 bits per heavy atom. The lowest BCUT2D eigenvalue weighted by Crippen LogP contribution is -2.40. The molecule has 0 aliphatic carbocycles. The number of urea groups is 1. The van der Waals surface area contributed by atoms with Crippen LogP contribution in [0.25, 0.3) is 11.4 Å². The third-order valence-electron chi connectivity index (χ3n) is 4.15. The zero-order valence-electron chi connectivity index (χ0n) is 13.6. The standard InChI is InChI=1S/C17H13ClN4O3S/c1-17(12-3-2-8-26-12)15(23)22(16(24)20-17)9-13-19-14(21-25-13)10-4-6-11(18)7-5-10/h2-8H,9H2,1H3,(H,20,24). The van der Waals surface area contributed by atoms with Gasteiger partial charge in [0.25, 0.3) is 5.91 Å². The summed E-state index contributed by atoms with van der Waals surface area (Å²) in [6.45, 7) is 1.60. The van der Waals surface area contributed by atoms with E-state index in [1.165, 1.54) is 11.3 Å². The fourth-order valence-electron chi connectivity index (χ4n) is 2.74. The highest BCUT2D eigenvalue weighted by atomic mass is 35.5. The van der Waals surface area contributed by atoms with Gasteiger partial charge in [-0.3, -0.25) is 9.69 Å². The molecule has 1 aliphatic heterocycles. The lowest BCUT2D eigenvalue weighted by atomic mass is 10.0.